The van der Waals surface area contributed by atoms with E-state index in [0.717, 1.165) is 25.7 Å². The fraction of sp³-hybridized carbons (Fsp3) is 0.708. The first-order chi connectivity index (χ1) is 13.5. The highest BCUT2D eigenvalue weighted by atomic mass is 16.5. The van der Waals surface area contributed by atoms with Gasteiger partial charge in [0.05, 0.1) is 0 Å². The molecule has 0 saturated heterocycles. The Hall–Kier alpha value is -1.75. The molecule has 0 aromatic rings. The van der Waals surface area contributed by atoms with Crippen LogP contribution in [0.2, 0.25) is 0 Å². The summed E-state index contributed by atoms with van der Waals surface area (Å²) in [7, 11) is 0. The maximum atomic E-state index is 12.9. The van der Waals surface area contributed by atoms with E-state index in [9.17, 15) is 19.5 Å². The molecule has 0 aliphatic heterocycles. The Bertz CT molecular complexity index is 838. The zero-order chi connectivity index (χ0) is 21.2. The fourth-order valence-electron chi connectivity index (χ4n) is 6.95. The number of fused-ring (bicyclic) bond motifs is 5. The van der Waals surface area contributed by atoms with Crippen LogP contribution in [-0.4, -0.2) is 34.9 Å². The van der Waals surface area contributed by atoms with E-state index in [1.165, 1.54) is 18.1 Å². The molecular weight excluding hydrogens is 368 g/mol. The van der Waals surface area contributed by atoms with Crippen LogP contribution < -0.4 is 0 Å². The second-order valence-electron chi connectivity index (χ2n) is 10.1. The van der Waals surface area contributed by atoms with E-state index in [1.54, 1.807) is 0 Å². The van der Waals surface area contributed by atoms with Crippen molar-refractivity contribution in [2.24, 2.45) is 28.6 Å². The van der Waals surface area contributed by atoms with Crippen molar-refractivity contribution in [3.63, 3.8) is 0 Å². The summed E-state index contributed by atoms with van der Waals surface area (Å²) in [6, 6.07) is 0. The van der Waals surface area contributed by atoms with Crippen LogP contribution in [0.15, 0.2) is 23.3 Å². The van der Waals surface area contributed by atoms with E-state index in [1.807, 2.05) is 19.9 Å². The summed E-state index contributed by atoms with van der Waals surface area (Å²) in [6.07, 6.45) is 8.70. The van der Waals surface area contributed by atoms with Crippen molar-refractivity contribution in [2.45, 2.75) is 71.8 Å². The fourth-order valence-corrected chi connectivity index (χ4v) is 6.95. The minimum absolute atomic E-state index is 0.0301. The number of aliphatic hydroxyl groups is 1. The number of allylic oxidation sites excluding steroid dienone is 4. The molecule has 2 fully saturated rings. The zero-order valence-corrected chi connectivity index (χ0v) is 17.9. The summed E-state index contributed by atoms with van der Waals surface area (Å²) in [5.41, 5.74) is 0.577. The molecule has 0 unspecified atom stereocenters. The predicted octanol–water partition coefficient (Wildman–Crippen LogP) is 3.55. The van der Waals surface area contributed by atoms with Gasteiger partial charge in [0.2, 0.25) is 5.78 Å². The molecule has 2 saturated carbocycles. The molecule has 0 bridgehead atoms. The van der Waals surface area contributed by atoms with Crippen molar-refractivity contribution in [3.05, 3.63) is 23.3 Å². The topological polar surface area (TPSA) is 80.7 Å². The van der Waals surface area contributed by atoms with Gasteiger partial charge in [-0.1, -0.05) is 38.0 Å². The number of hydrogen-bond acceptors (Lipinski definition) is 5. The van der Waals surface area contributed by atoms with Gasteiger partial charge in [-0.15, -0.1) is 0 Å². The van der Waals surface area contributed by atoms with Crippen LogP contribution >= 0.6 is 0 Å². The number of Topliss-reactive ketones (excluding diaryl/α,β-unsaturated/α-hetero) is 1. The Balaban J connectivity index is 1.67. The van der Waals surface area contributed by atoms with Gasteiger partial charge in [-0.3, -0.25) is 14.4 Å². The van der Waals surface area contributed by atoms with Crippen molar-refractivity contribution >= 4 is 17.5 Å². The van der Waals surface area contributed by atoms with E-state index < -0.39 is 17.0 Å². The highest BCUT2D eigenvalue weighted by Gasteiger charge is 2.64. The molecule has 4 aliphatic rings. The van der Waals surface area contributed by atoms with Crippen LogP contribution in [0.25, 0.3) is 0 Å². The van der Waals surface area contributed by atoms with Crippen molar-refractivity contribution < 1.29 is 24.2 Å². The quantitative estimate of drug-likeness (QED) is 0.579. The molecule has 0 aromatic carbocycles. The second-order valence-corrected chi connectivity index (χ2v) is 10.1. The Morgan fingerprint density at radius 1 is 1.28 bits per heavy atom. The third-order valence-corrected chi connectivity index (χ3v) is 8.67. The summed E-state index contributed by atoms with van der Waals surface area (Å²) in [5.74, 6) is -0.0695. The minimum atomic E-state index is -1.46. The molecule has 4 rings (SSSR count). The van der Waals surface area contributed by atoms with Crippen LogP contribution in [0.3, 0.4) is 0 Å². The maximum Gasteiger partial charge on any atom is 0.303 e. The van der Waals surface area contributed by atoms with E-state index in [2.05, 4.69) is 13.0 Å². The first-order valence-electron chi connectivity index (χ1n) is 10.9. The number of rotatable bonds is 3. The Morgan fingerprint density at radius 2 is 2.00 bits per heavy atom. The second kappa shape index (κ2) is 6.63. The van der Waals surface area contributed by atoms with E-state index >= 15 is 0 Å². The molecule has 0 radical (unpaired) electrons. The van der Waals surface area contributed by atoms with Crippen molar-refractivity contribution in [1.29, 1.82) is 0 Å². The van der Waals surface area contributed by atoms with Gasteiger partial charge in [-0.25, -0.2) is 0 Å². The third kappa shape index (κ3) is 2.80. The average Bonchev–Trinajstić information content (AvgIpc) is 2.93. The van der Waals surface area contributed by atoms with Crippen LogP contribution in [0, 0.1) is 28.6 Å². The Labute approximate surface area is 172 Å². The third-order valence-electron chi connectivity index (χ3n) is 8.67. The van der Waals surface area contributed by atoms with Crippen molar-refractivity contribution in [2.75, 3.05) is 6.61 Å². The van der Waals surface area contributed by atoms with Gasteiger partial charge >= 0.3 is 5.97 Å². The number of esters is 1. The smallest absolute Gasteiger partial charge is 0.303 e. The normalized spacial score (nSPS) is 43.5. The van der Waals surface area contributed by atoms with Gasteiger partial charge in [0.25, 0.3) is 0 Å². The minimum Gasteiger partial charge on any atom is -0.458 e. The molecule has 5 nitrogen and oxygen atoms in total. The molecule has 0 heterocycles. The van der Waals surface area contributed by atoms with Crippen molar-refractivity contribution in [1.82, 2.24) is 0 Å². The first kappa shape index (κ1) is 20.5. The molecule has 0 amide bonds. The van der Waals surface area contributed by atoms with Crippen LogP contribution in [0.4, 0.5) is 0 Å². The maximum absolute atomic E-state index is 12.9. The van der Waals surface area contributed by atoms with E-state index in [0.29, 0.717) is 18.8 Å². The van der Waals surface area contributed by atoms with Gasteiger partial charge in [0, 0.05) is 23.7 Å². The highest BCUT2D eigenvalue weighted by Crippen LogP contribution is 2.65. The Morgan fingerprint density at radius 3 is 2.69 bits per heavy atom. The standard InChI is InChI=1S/C24H32O5/c1-14-12-22(3)16(11-20(14)26)5-6-17-18(22)7-9-23(4)19(17)8-10-24(23,28)21(27)13-29-15(2)25/h7,11,14,17,19,28H,5-6,8-10,12-13H2,1-4H3/t14-,17-,19-,22+,23-,24+/m1/s1. The highest BCUT2D eigenvalue weighted by molar-refractivity contribution is 5.94. The van der Waals surface area contributed by atoms with Gasteiger partial charge < -0.3 is 9.84 Å². The van der Waals surface area contributed by atoms with Crippen LogP contribution in [0.5, 0.6) is 0 Å². The first-order valence-corrected chi connectivity index (χ1v) is 10.9. The lowest BCUT2D eigenvalue weighted by Crippen LogP contribution is -2.55. The van der Waals surface area contributed by atoms with Gasteiger partial charge in [-0.2, -0.15) is 0 Å². The molecule has 1 N–H and O–H groups in total. The number of carbonyl (C=O) groups excluding carboxylic acids is 3. The molecule has 4 aliphatic carbocycles. The lowest BCUT2D eigenvalue weighted by atomic mass is 9.50. The zero-order valence-electron chi connectivity index (χ0n) is 17.9. The van der Waals surface area contributed by atoms with Gasteiger partial charge in [0.15, 0.2) is 12.4 Å². The van der Waals surface area contributed by atoms with E-state index in [4.69, 9.17) is 4.74 Å². The number of carbonyl (C=O) groups is 3. The molecular formula is C24H32O5. The molecule has 0 aromatic heterocycles. The Kier molecular flexibility index (Phi) is 4.69. The molecule has 158 valence electrons. The largest absolute Gasteiger partial charge is 0.458 e. The van der Waals surface area contributed by atoms with Gasteiger partial charge in [-0.05, 0) is 56.4 Å². The summed E-state index contributed by atoms with van der Waals surface area (Å²) in [4.78, 5) is 36.3. The lowest BCUT2D eigenvalue weighted by molar-refractivity contribution is -0.162. The summed E-state index contributed by atoms with van der Waals surface area (Å²) >= 11 is 0. The number of hydrogen-bond donors (Lipinski definition) is 1. The summed E-state index contributed by atoms with van der Waals surface area (Å²) in [5, 5.41) is 11.5. The lowest BCUT2D eigenvalue weighted by Gasteiger charge is -2.55. The molecule has 0 spiro atoms. The predicted molar refractivity (Wildman–Crippen MR) is 108 cm³/mol. The van der Waals surface area contributed by atoms with Crippen LogP contribution in [0.1, 0.15) is 66.2 Å². The summed E-state index contributed by atoms with van der Waals surface area (Å²) < 4.78 is 4.92. The number of ketones is 2. The summed E-state index contributed by atoms with van der Waals surface area (Å²) in [6.45, 7) is 7.23. The molecule has 29 heavy (non-hydrogen) atoms. The monoisotopic (exact) mass is 400 g/mol. The van der Waals surface area contributed by atoms with Crippen molar-refractivity contribution in [3.8, 4) is 0 Å². The van der Waals surface area contributed by atoms with E-state index in [-0.39, 0.29) is 35.4 Å². The van der Waals surface area contributed by atoms with Gasteiger partial charge in [0.1, 0.15) is 5.60 Å². The SMILES string of the molecule is CC(=O)OCC(=O)[C@@]1(O)CC[C@@H]2[C@@H]3CCC4=CC(=O)[C@H](C)C[C@]4(C)C3=CC[C@]21C. The molecule has 6 atom stereocenters. The van der Waals surface area contributed by atoms with Crippen LogP contribution in [-0.2, 0) is 19.1 Å². The average molecular weight is 401 g/mol. The molecule has 5 heteroatoms. The number of ether oxygens (including phenoxy) is 1.